The molecule has 5 atom stereocenters. The van der Waals surface area contributed by atoms with Crippen molar-refractivity contribution in [3.05, 3.63) is 12.7 Å². The summed E-state index contributed by atoms with van der Waals surface area (Å²) in [7, 11) is 0. The standard InChI is InChI=1S/C20H36O2/c1-7-18(4,21)13-9-16-19(5)12-8-11-17(2,3)15(19)10-14-20(16,6)22/h7,15-16,21-22H,1,8-14H2,2-6H3/t15?,16?,18-,19+,20-/m1/s1. The Balaban J connectivity index is 2.28. The first-order valence-corrected chi connectivity index (χ1v) is 9.03. The summed E-state index contributed by atoms with van der Waals surface area (Å²) in [5.74, 6) is 0.928. The molecule has 0 radical (unpaired) electrons. The van der Waals surface area contributed by atoms with Gasteiger partial charge >= 0.3 is 0 Å². The molecule has 0 saturated heterocycles. The molecule has 2 saturated carbocycles. The first-order chi connectivity index (χ1) is 9.95. The molecule has 0 heterocycles. The molecule has 0 amide bonds. The summed E-state index contributed by atoms with van der Waals surface area (Å²) in [5.41, 5.74) is -0.900. The van der Waals surface area contributed by atoms with Crippen molar-refractivity contribution in [1.29, 1.82) is 0 Å². The lowest BCUT2D eigenvalue weighted by Crippen LogP contribution is -2.57. The average molecular weight is 309 g/mol. The Morgan fingerprint density at radius 1 is 1.18 bits per heavy atom. The molecule has 22 heavy (non-hydrogen) atoms. The molecule has 2 unspecified atom stereocenters. The summed E-state index contributed by atoms with van der Waals surface area (Å²) in [4.78, 5) is 0. The van der Waals surface area contributed by atoms with Gasteiger partial charge in [-0.2, -0.15) is 0 Å². The monoisotopic (exact) mass is 308 g/mol. The Kier molecular flexibility index (Phi) is 4.61. The number of rotatable bonds is 4. The zero-order valence-corrected chi connectivity index (χ0v) is 15.3. The molecular weight excluding hydrogens is 272 g/mol. The lowest BCUT2D eigenvalue weighted by atomic mass is 9.45. The highest BCUT2D eigenvalue weighted by molar-refractivity contribution is 5.08. The van der Waals surface area contributed by atoms with Gasteiger partial charge in [0.05, 0.1) is 11.2 Å². The van der Waals surface area contributed by atoms with E-state index in [2.05, 4.69) is 27.4 Å². The summed E-state index contributed by atoms with van der Waals surface area (Å²) >= 11 is 0. The van der Waals surface area contributed by atoms with Gasteiger partial charge in [0.2, 0.25) is 0 Å². The summed E-state index contributed by atoms with van der Waals surface area (Å²) in [5, 5.41) is 21.4. The normalized spacial score (nSPS) is 44.0. The molecule has 128 valence electrons. The molecule has 0 aromatic carbocycles. The highest BCUT2D eigenvalue weighted by Crippen LogP contribution is 2.63. The SMILES string of the molecule is C=C[C@@](C)(O)CCC1[C@@]2(C)CCCC(C)(C)C2CC[C@@]1(C)O. The van der Waals surface area contributed by atoms with Crippen LogP contribution in [0.4, 0.5) is 0 Å². The third-order valence-corrected chi connectivity index (χ3v) is 7.14. The lowest BCUT2D eigenvalue weighted by molar-refractivity contribution is -0.171. The van der Waals surface area contributed by atoms with Crippen LogP contribution in [0.25, 0.3) is 0 Å². The maximum absolute atomic E-state index is 11.1. The van der Waals surface area contributed by atoms with Crippen molar-refractivity contribution >= 4 is 0 Å². The van der Waals surface area contributed by atoms with Crippen LogP contribution >= 0.6 is 0 Å². The quantitative estimate of drug-likeness (QED) is 0.739. The molecule has 0 aromatic rings. The van der Waals surface area contributed by atoms with Crippen LogP contribution in [0.1, 0.15) is 79.6 Å². The van der Waals surface area contributed by atoms with Gasteiger partial charge in [0, 0.05) is 0 Å². The first kappa shape index (κ1) is 18.0. The predicted octanol–water partition coefficient (Wildman–Crippen LogP) is 4.70. The van der Waals surface area contributed by atoms with Gasteiger partial charge in [0.15, 0.2) is 0 Å². The van der Waals surface area contributed by atoms with Gasteiger partial charge < -0.3 is 10.2 Å². The highest BCUT2D eigenvalue weighted by atomic mass is 16.3. The van der Waals surface area contributed by atoms with E-state index >= 15 is 0 Å². The number of fused-ring (bicyclic) bond motifs is 1. The number of hydrogen-bond donors (Lipinski definition) is 2. The third kappa shape index (κ3) is 3.14. The van der Waals surface area contributed by atoms with Gasteiger partial charge in [-0.25, -0.2) is 0 Å². The van der Waals surface area contributed by atoms with Crippen LogP contribution < -0.4 is 0 Å². The van der Waals surface area contributed by atoms with E-state index in [1.54, 1.807) is 6.08 Å². The van der Waals surface area contributed by atoms with E-state index in [9.17, 15) is 10.2 Å². The molecule has 2 N–H and O–H groups in total. The van der Waals surface area contributed by atoms with Crippen LogP contribution in [0.15, 0.2) is 12.7 Å². The minimum atomic E-state index is -0.830. The summed E-state index contributed by atoms with van der Waals surface area (Å²) in [6.45, 7) is 14.8. The zero-order valence-electron chi connectivity index (χ0n) is 15.3. The Morgan fingerprint density at radius 2 is 1.82 bits per heavy atom. The highest BCUT2D eigenvalue weighted by Gasteiger charge is 2.57. The number of aliphatic hydroxyl groups is 2. The van der Waals surface area contributed by atoms with E-state index < -0.39 is 11.2 Å². The fourth-order valence-corrected chi connectivity index (χ4v) is 5.80. The van der Waals surface area contributed by atoms with Crippen LogP contribution in [-0.2, 0) is 0 Å². The maximum atomic E-state index is 11.1. The smallest absolute Gasteiger partial charge is 0.0797 e. The van der Waals surface area contributed by atoms with Gasteiger partial charge in [-0.05, 0) is 75.0 Å². The summed E-state index contributed by atoms with van der Waals surface area (Å²) in [6.07, 6.45) is 8.96. The van der Waals surface area contributed by atoms with Crippen molar-refractivity contribution in [2.45, 2.75) is 90.8 Å². The fraction of sp³-hybridized carbons (Fsp3) is 0.900. The summed E-state index contributed by atoms with van der Waals surface area (Å²) < 4.78 is 0. The van der Waals surface area contributed by atoms with E-state index in [1.165, 1.54) is 19.3 Å². The Bertz CT molecular complexity index is 421. The van der Waals surface area contributed by atoms with Crippen molar-refractivity contribution < 1.29 is 10.2 Å². The van der Waals surface area contributed by atoms with E-state index in [0.29, 0.717) is 17.8 Å². The predicted molar refractivity (Wildman–Crippen MR) is 92.6 cm³/mol. The van der Waals surface area contributed by atoms with Gasteiger partial charge in [-0.15, -0.1) is 6.58 Å². The molecule has 0 bridgehead atoms. The van der Waals surface area contributed by atoms with Crippen LogP contribution in [0.5, 0.6) is 0 Å². The largest absolute Gasteiger partial charge is 0.390 e. The Morgan fingerprint density at radius 3 is 2.41 bits per heavy atom. The number of hydrogen-bond acceptors (Lipinski definition) is 2. The first-order valence-electron chi connectivity index (χ1n) is 9.03. The maximum Gasteiger partial charge on any atom is 0.0797 e. The Hall–Kier alpha value is -0.340. The molecule has 2 heteroatoms. The molecule has 2 aliphatic rings. The molecular formula is C20H36O2. The second kappa shape index (κ2) is 5.63. The van der Waals surface area contributed by atoms with Gasteiger partial charge in [0.25, 0.3) is 0 Å². The van der Waals surface area contributed by atoms with E-state index in [1.807, 2.05) is 13.8 Å². The molecule has 2 fully saturated rings. The fourth-order valence-electron chi connectivity index (χ4n) is 5.80. The van der Waals surface area contributed by atoms with E-state index in [0.717, 1.165) is 19.3 Å². The molecule has 2 nitrogen and oxygen atoms in total. The van der Waals surface area contributed by atoms with Crippen LogP contribution in [0.2, 0.25) is 0 Å². The minimum absolute atomic E-state index is 0.181. The second-order valence-corrected chi connectivity index (χ2v) is 9.45. The molecule has 0 spiro atoms. The molecule has 0 aliphatic heterocycles. The van der Waals surface area contributed by atoms with Crippen LogP contribution in [0.3, 0.4) is 0 Å². The topological polar surface area (TPSA) is 40.5 Å². The average Bonchev–Trinajstić information content (AvgIpc) is 2.35. The van der Waals surface area contributed by atoms with Crippen molar-refractivity contribution in [2.75, 3.05) is 0 Å². The second-order valence-electron chi connectivity index (χ2n) is 9.45. The molecule has 2 rings (SSSR count). The van der Waals surface area contributed by atoms with Crippen molar-refractivity contribution in [2.24, 2.45) is 22.7 Å². The minimum Gasteiger partial charge on any atom is -0.390 e. The van der Waals surface area contributed by atoms with Crippen LogP contribution in [-0.4, -0.2) is 21.4 Å². The van der Waals surface area contributed by atoms with Crippen molar-refractivity contribution in [3.8, 4) is 0 Å². The molecule has 0 aromatic heterocycles. The van der Waals surface area contributed by atoms with Gasteiger partial charge in [-0.3, -0.25) is 0 Å². The van der Waals surface area contributed by atoms with Gasteiger partial charge in [0.1, 0.15) is 0 Å². The van der Waals surface area contributed by atoms with Crippen LogP contribution in [0, 0.1) is 22.7 Å². The van der Waals surface area contributed by atoms with E-state index in [4.69, 9.17) is 0 Å². The van der Waals surface area contributed by atoms with Crippen molar-refractivity contribution in [3.63, 3.8) is 0 Å². The summed E-state index contributed by atoms with van der Waals surface area (Å²) in [6, 6.07) is 0. The molecule has 2 aliphatic carbocycles. The zero-order chi connectivity index (χ0) is 16.8. The van der Waals surface area contributed by atoms with Gasteiger partial charge in [-0.1, -0.05) is 33.3 Å². The van der Waals surface area contributed by atoms with E-state index in [-0.39, 0.29) is 11.3 Å². The van der Waals surface area contributed by atoms with Crippen molar-refractivity contribution in [1.82, 2.24) is 0 Å². The lowest BCUT2D eigenvalue weighted by Gasteiger charge is -2.61. The Labute approximate surface area is 137 Å². The third-order valence-electron chi connectivity index (χ3n) is 7.14.